The summed E-state index contributed by atoms with van der Waals surface area (Å²) in [6, 6.07) is 26.9. The van der Waals surface area contributed by atoms with Gasteiger partial charge in [0.05, 0.1) is 17.7 Å². The van der Waals surface area contributed by atoms with E-state index in [0.29, 0.717) is 22.8 Å². The Hall–Kier alpha value is -4.50. The number of methoxy groups -OCH3 is 1. The van der Waals surface area contributed by atoms with Crippen molar-refractivity contribution in [3.8, 4) is 5.75 Å². The zero-order valence-corrected chi connectivity index (χ0v) is 19.6. The number of aromatic nitrogens is 1. The van der Waals surface area contributed by atoms with E-state index in [1.807, 2.05) is 36.4 Å². The number of nitrogens with one attached hydrogen (secondary N) is 2. The molecule has 2 N–H and O–H groups in total. The molecule has 4 rings (SSSR count). The number of ether oxygens (including phenoxy) is 1. The van der Waals surface area contributed by atoms with Crippen LogP contribution >= 0.6 is 0 Å². The van der Waals surface area contributed by atoms with Gasteiger partial charge in [0, 0.05) is 23.0 Å². The van der Waals surface area contributed by atoms with Crippen molar-refractivity contribution in [2.75, 3.05) is 11.8 Å². The number of amides is 1. The van der Waals surface area contributed by atoms with Gasteiger partial charge in [-0.2, -0.15) is 5.10 Å². The summed E-state index contributed by atoms with van der Waals surface area (Å²) in [4.78, 5) is 17.1. The van der Waals surface area contributed by atoms with Gasteiger partial charge in [-0.25, -0.2) is 13.8 Å². The third-order valence-corrected chi connectivity index (χ3v) is 6.35. The molecule has 9 heteroatoms. The molecule has 0 saturated heterocycles. The Morgan fingerprint density at radius 1 is 0.857 bits per heavy atom. The third kappa shape index (κ3) is 5.90. The maximum Gasteiger partial charge on any atom is 0.271 e. The van der Waals surface area contributed by atoms with E-state index in [1.165, 1.54) is 31.4 Å². The van der Waals surface area contributed by atoms with E-state index in [1.54, 1.807) is 42.6 Å². The molecule has 3 aromatic carbocycles. The molecule has 0 unspecified atom stereocenters. The van der Waals surface area contributed by atoms with E-state index in [-0.39, 0.29) is 10.5 Å². The summed E-state index contributed by atoms with van der Waals surface area (Å²) in [5.41, 5.74) is 4.85. The molecule has 8 nitrogen and oxygen atoms in total. The summed E-state index contributed by atoms with van der Waals surface area (Å²) in [6.07, 6.45) is 1.64. The summed E-state index contributed by atoms with van der Waals surface area (Å²) < 4.78 is 33.3. The topological polar surface area (TPSA) is 110 Å². The predicted molar refractivity (Wildman–Crippen MR) is 134 cm³/mol. The van der Waals surface area contributed by atoms with Gasteiger partial charge < -0.3 is 4.74 Å². The number of anilines is 1. The number of rotatable bonds is 8. The zero-order chi connectivity index (χ0) is 24.7. The predicted octanol–water partition coefficient (Wildman–Crippen LogP) is 4.07. The number of hydrogen-bond donors (Lipinski definition) is 2. The van der Waals surface area contributed by atoms with Crippen LogP contribution in [0.3, 0.4) is 0 Å². The molecule has 1 amide bonds. The SMILES string of the molecule is COc1ccc(NS(=O)(=O)c2cccc(C(=O)N/N=C(/c3ccccc3)c3ccccn3)c2)cc1. The molecule has 0 saturated carbocycles. The summed E-state index contributed by atoms with van der Waals surface area (Å²) in [7, 11) is -2.40. The molecule has 0 atom stereocenters. The average Bonchev–Trinajstić information content (AvgIpc) is 2.90. The Morgan fingerprint density at radius 2 is 1.57 bits per heavy atom. The van der Waals surface area contributed by atoms with Crippen LogP contribution in [0.25, 0.3) is 0 Å². The average molecular weight is 487 g/mol. The summed E-state index contributed by atoms with van der Waals surface area (Å²) in [5.74, 6) is 0.0450. The second kappa shape index (κ2) is 10.6. The highest BCUT2D eigenvalue weighted by atomic mass is 32.2. The molecular formula is C26H22N4O4S. The number of sulfonamides is 1. The number of hydrogen-bond acceptors (Lipinski definition) is 6. The first-order chi connectivity index (χ1) is 17.0. The number of pyridine rings is 1. The van der Waals surface area contributed by atoms with Crippen LogP contribution in [0.2, 0.25) is 0 Å². The van der Waals surface area contributed by atoms with E-state index in [9.17, 15) is 13.2 Å². The molecule has 1 heterocycles. The van der Waals surface area contributed by atoms with E-state index in [4.69, 9.17) is 4.74 Å². The van der Waals surface area contributed by atoms with Crippen molar-refractivity contribution in [1.29, 1.82) is 0 Å². The molecule has 4 aromatic rings. The van der Waals surface area contributed by atoms with Gasteiger partial charge in [0.1, 0.15) is 11.5 Å². The maximum absolute atomic E-state index is 12.9. The molecule has 1 aromatic heterocycles. The highest BCUT2D eigenvalue weighted by Gasteiger charge is 2.17. The van der Waals surface area contributed by atoms with E-state index < -0.39 is 15.9 Å². The van der Waals surface area contributed by atoms with Crippen molar-refractivity contribution < 1.29 is 17.9 Å². The van der Waals surface area contributed by atoms with Crippen LogP contribution < -0.4 is 14.9 Å². The number of carbonyl (C=O) groups excluding carboxylic acids is 1. The molecular weight excluding hydrogens is 464 g/mol. The lowest BCUT2D eigenvalue weighted by molar-refractivity contribution is 0.0954. The number of nitrogens with zero attached hydrogens (tertiary/aromatic N) is 2. The fourth-order valence-electron chi connectivity index (χ4n) is 3.22. The van der Waals surface area contributed by atoms with Gasteiger partial charge in [-0.1, -0.05) is 42.5 Å². The Balaban J connectivity index is 1.56. The lowest BCUT2D eigenvalue weighted by Gasteiger charge is -2.10. The van der Waals surface area contributed by atoms with Gasteiger partial charge in [-0.05, 0) is 54.6 Å². The van der Waals surface area contributed by atoms with Crippen LogP contribution in [0.1, 0.15) is 21.6 Å². The Morgan fingerprint density at radius 3 is 2.26 bits per heavy atom. The molecule has 35 heavy (non-hydrogen) atoms. The first kappa shape index (κ1) is 23.7. The van der Waals surface area contributed by atoms with E-state index in [0.717, 1.165) is 5.56 Å². The molecule has 0 aliphatic rings. The maximum atomic E-state index is 12.9. The van der Waals surface area contributed by atoms with Crippen LogP contribution in [-0.2, 0) is 10.0 Å². The second-order valence-electron chi connectivity index (χ2n) is 7.34. The standard InChI is InChI=1S/C26H22N4O4S/c1-34-22-15-13-21(14-16-22)30-35(32,33)23-11-7-10-20(18-23)26(31)29-28-25(19-8-3-2-4-9-19)24-12-5-6-17-27-24/h2-18,30H,1H3,(H,29,31)/b28-25-. The summed E-state index contributed by atoms with van der Waals surface area (Å²) >= 11 is 0. The first-order valence-electron chi connectivity index (χ1n) is 10.6. The number of benzene rings is 3. The lowest BCUT2D eigenvalue weighted by Crippen LogP contribution is -2.21. The van der Waals surface area contributed by atoms with Gasteiger partial charge >= 0.3 is 0 Å². The van der Waals surface area contributed by atoms with Crippen molar-refractivity contribution in [1.82, 2.24) is 10.4 Å². The van der Waals surface area contributed by atoms with Crippen LogP contribution in [0.15, 0.2) is 113 Å². The van der Waals surface area contributed by atoms with Gasteiger partial charge in [0.15, 0.2) is 0 Å². The van der Waals surface area contributed by atoms with Crippen LogP contribution in [0, 0.1) is 0 Å². The molecule has 0 bridgehead atoms. The van der Waals surface area contributed by atoms with E-state index >= 15 is 0 Å². The van der Waals surface area contributed by atoms with Gasteiger partial charge in [0.2, 0.25) is 0 Å². The Bertz CT molecular complexity index is 1400. The monoisotopic (exact) mass is 486 g/mol. The zero-order valence-electron chi connectivity index (χ0n) is 18.8. The molecule has 176 valence electrons. The Labute approximate surface area is 203 Å². The smallest absolute Gasteiger partial charge is 0.271 e. The van der Waals surface area contributed by atoms with Crippen molar-refractivity contribution in [2.24, 2.45) is 5.10 Å². The van der Waals surface area contributed by atoms with Gasteiger partial charge in [-0.3, -0.25) is 14.5 Å². The second-order valence-corrected chi connectivity index (χ2v) is 9.03. The van der Waals surface area contributed by atoms with Crippen molar-refractivity contribution in [2.45, 2.75) is 4.90 Å². The molecule has 0 spiro atoms. The quantitative estimate of drug-likeness (QED) is 0.288. The van der Waals surface area contributed by atoms with Crippen molar-refractivity contribution >= 4 is 27.3 Å². The number of hydrazone groups is 1. The van der Waals surface area contributed by atoms with Crippen molar-refractivity contribution in [3.63, 3.8) is 0 Å². The van der Waals surface area contributed by atoms with Crippen LogP contribution in [-0.4, -0.2) is 32.1 Å². The van der Waals surface area contributed by atoms with E-state index in [2.05, 4.69) is 20.2 Å². The molecule has 0 fully saturated rings. The summed E-state index contributed by atoms with van der Waals surface area (Å²) in [5, 5.41) is 4.29. The third-order valence-electron chi connectivity index (χ3n) is 4.97. The van der Waals surface area contributed by atoms with Crippen molar-refractivity contribution in [3.05, 3.63) is 120 Å². The first-order valence-corrected chi connectivity index (χ1v) is 12.1. The van der Waals surface area contributed by atoms with Gasteiger partial charge in [0.25, 0.3) is 15.9 Å². The Kier molecular flexibility index (Phi) is 7.18. The summed E-state index contributed by atoms with van der Waals surface area (Å²) in [6.45, 7) is 0. The number of carbonyl (C=O) groups is 1. The van der Waals surface area contributed by atoms with Crippen LogP contribution in [0.5, 0.6) is 5.75 Å². The fourth-order valence-corrected chi connectivity index (χ4v) is 4.32. The molecule has 0 aliphatic heterocycles. The normalized spacial score (nSPS) is 11.5. The minimum atomic E-state index is -3.92. The highest BCUT2D eigenvalue weighted by molar-refractivity contribution is 7.92. The van der Waals surface area contributed by atoms with Gasteiger partial charge in [-0.15, -0.1) is 0 Å². The largest absolute Gasteiger partial charge is 0.497 e. The minimum absolute atomic E-state index is 0.0574. The fraction of sp³-hybridized carbons (Fsp3) is 0.0385. The highest BCUT2D eigenvalue weighted by Crippen LogP contribution is 2.20. The minimum Gasteiger partial charge on any atom is -0.497 e. The molecule has 0 radical (unpaired) electrons. The van der Waals surface area contributed by atoms with Crippen LogP contribution in [0.4, 0.5) is 5.69 Å². The molecule has 0 aliphatic carbocycles. The lowest BCUT2D eigenvalue weighted by atomic mass is 10.1.